The molecule has 0 aliphatic carbocycles. The molecule has 1 aromatic carbocycles. The highest BCUT2D eigenvalue weighted by atomic mass is 79.9. The Morgan fingerprint density at radius 3 is 2.50 bits per heavy atom. The van der Waals surface area contributed by atoms with E-state index < -0.39 is 0 Å². The molecule has 3 nitrogen and oxygen atoms in total. The van der Waals surface area contributed by atoms with Crippen molar-refractivity contribution in [3.05, 3.63) is 34.3 Å². The van der Waals surface area contributed by atoms with Crippen LogP contribution in [0.2, 0.25) is 0 Å². The van der Waals surface area contributed by atoms with Gasteiger partial charge in [0.15, 0.2) is 0 Å². The van der Waals surface area contributed by atoms with Gasteiger partial charge in [-0.2, -0.15) is 0 Å². The van der Waals surface area contributed by atoms with Crippen LogP contribution in [0.3, 0.4) is 0 Å². The van der Waals surface area contributed by atoms with Gasteiger partial charge in [0.05, 0.1) is 12.6 Å². The van der Waals surface area contributed by atoms with E-state index in [2.05, 4.69) is 33.8 Å². The summed E-state index contributed by atoms with van der Waals surface area (Å²) >= 11 is 3.59. The number of halogens is 1. The van der Waals surface area contributed by atoms with E-state index in [9.17, 15) is 5.11 Å². The second kappa shape index (κ2) is 7.24. The van der Waals surface area contributed by atoms with E-state index in [1.165, 1.54) is 5.56 Å². The van der Waals surface area contributed by atoms with Gasteiger partial charge in [-0.15, -0.1) is 0 Å². The maximum Gasteiger partial charge on any atom is 0.0584 e. The van der Waals surface area contributed by atoms with E-state index in [0.29, 0.717) is 0 Å². The molecule has 3 atom stereocenters. The molecule has 3 unspecified atom stereocenters. The van der Waals surface area contributed by atoms with E-state index in [1.807, 2.05) is 32.2 Å². The predicted molar refractivity (Wildman–Crippen MR) is 79.5 cm³/mol. The second-order valence-electron chi connectivity index (χ2n) is 4.74. The summed E-state index contributed by atoms with van der Waals surface area (Å²) < 4.78 is 1.07. The van der Waals surface area contributed by atoms with Gasteiger partial charge in [-0.25, -0.2) is 0 Å². The third kappa shape index (κ3) is 3.54. The molecule has 0 radical (unpaired) electrons. The molecule has 0 aromatic heterocycles. The minimum Gasteiger partial charge on any atom is -0.395 e. The quantitative estimate of drug-likeness (QED) is 0.848. The third-order valence-electron chi connectivity index (χ3n) is 3.50. The van der Waals surface area contributed by atoms with Gasteiger partial charge in [-0.3, -0.25) is 4.90 Å². The van der Waals surface area contributed by atoms with Gasteiger partial charge < -0.3 is 10.8 Å². The van der Waals surface area contributed by atoms with Crippen LogP contribution in [0.4, 0.5) is 0 Å². The Balaban J connectivity index is 3.10. The molecule has 0 saturated carbocycles. The summed E-state index contributed by atoms with van der Waals surface area (Å²) in [5, 5.41) is 9.33. The summed E-state index contributed by atoms with van der Waals surface area (Å²) in [5.74, 6) is 0. The lowest BCUT2D eigenvalue weighted by Crippen LogP contribution is -2.44. The fourth-order valence-electron chi connectivity index (χ4n) is 2.09. The van der Waals surface area contributed by atoms with Crippen LogP contribution in [0, 0.1) is 0 Å². The van der Waals surface area contributed by atoms with Gasteiger partial charge in [-0.1, -0.05) is 41.1 Å². The lowest BCUT2D eigenvalue weighted by Gasteiger charge is -2.36. The van der Waals surface area contributed by atoms with E-state index in [0.717, 1.165) is 10.9 Å². The summed E-state index contributed by atoms with van der Waals surface area (Å²) in [6, 6.07) is 8.37. The van der Waals surface area contributed by atoms with Gasteiger partial charge in [-0.05, 0) is 32.0 Å². The Morgan fingerprint density at radius 2 is 2.00 bits per heavy atom. The molecule has 3 N–H and O–H groups in total. The largest absolute Gasteiger partial charge is 0.395 e. The number of likely N-dealkylation sites (N-methyl/N-ethyl adjacent to an activating group) is 1. The lowest BCUT2D eigenvalue weighted by atomic mass is 9.95. The Hall–Kier alpha value is -0.420. The minimum absolute atomic E-state index is 0.0442. The highest BCUT2D eigenvalue weighted by Crippen LogP contribution is 2.31. The predicted octanol–water partition coefficient (Wildman–Crippen LogP) is 2.54. The van der Waals surface area contributed by atoms with Crippen molar-refractivity contribution in [2.75, 3.05) is 13.7 Å². The van der Waals surface area contributed by atoms with E-state index >= 15 is 0 Å². The first-order chi connectivity index (χ1) is 8.52. The number of hydrogen-bond donors (Lipinski definition) is 2. The van der Waals surface area contributed by atoms with E-state index in [-0.39, 0.29) is 24.7 Å². The zero-order valence-electron chi connectivity index (χ0n) is 11.3. The molecule has 0 spiro atoms. The van der Waals surface area contributed by atoms with E-state index in [4.69, 9.17) is 5.73 Å². The summed E-state index contributed by atoms with van der Waals surface area (Å²) in [7, 11) is 2.01. The van der Waals surface area contributed by atoms with Crippen LogP contribution in [0.1, 0.15) is 31.9 Å². The third-order valence-corrected chi connectivity index (χ3v) is 4.22. The maximum atomic E-state index is 9.33. The summed E-state index contributed by atoms with van der Waals surface area (Å²) in [5.41, 5.74) is 7.44. The number of nitrogens with zero attached hydrogens (tertiary/aromatic N) is 1. The highest BCUT2D eigenvalue weighted by Gasteiger charge is 2.27. The van der Waals surface area contributed by atoms with Crippen molar-refractivity contribution in [2.45, 2.75) is 38.4 Å². The van der Waals surface area contributed by atoms with Gasteiger partial charge >= 0.3 is 0 Å². The van der Waals surface area contributed by atoms with Crippen LogP contribution >= 0.6 is 15.9 Å². The number of nitrogens with two attached hydrogens (primary N) is 1. The van der Waals surface area contributed by atoms with Crippen molar-refractivity contribution in [3.8, 4) is 0 Å². The molecular formula is C14H23BrN2O. The standard InChI is InChI=1S/C14H23BrN2O/c1-4-13(16)14(17(3)10(2)9-18)11-7-5-6-8-12(11)15/h5-8,10,13-14,18H,4,9,16H2,1-3H3. The van der Waals surface area contributed by atoms with Crippen LogP contribution < -0.4 is 5.73 Å². The molecule has 0 fully saturated rings. The maximum absolute atomic E-state index is 9.33. The molecule has 0 amide bonds. The molecule has 0 bridgehead atoms. The Labute approximate surface area is 118 Å². The van der Waals surface area contributed by atoms with Crippen molar-refractivity contribution >= 4 is 15.9 Å². The molecular weight excluding hydrogens is 292 g/mol. The van der Waals surface area contributed by atoms with Crippen LogP contribution in [0.15, 0.2) is 28.7 Å². The average molecular weight is 315 g/mol. The fourth-order valence-corrected chi connectivity index (χ4v) is 2.61. The Bertz CT molecular complexity index is 373. The van der Waals surface area contributed by atoms with Crippen LogP contribution in [0.5, 0.6) is 0 Å². The highest BCUT2D eigenvalue weighted by molar-refractivity contribution is 9.10. The first kappa shape index (κ1) is 15.6. The molecule has 0 heterocycles. The fraction of sp³-hybridized carbons (Fsp3) is 0.571. The van der Waals surface area contributed by atoms with Gasteiger partial charge in [0, 0.05) is 16.6 Å². The smallest absolute Gasteiger partial charge is 0.0584 e. The zero-order chi connectivity index (χ0) is 13.7. The molecule has 0 aliphatic heterocycles. The van der Waals surface area contributed by atoms with Crippen LogP contribution in [-0.2, 0) is 0 Å². The molecule has 102 valence electrons. The number of hydrogen-bond acceptors (Lipinski definition) is 3. The Kier molecular flexibility index (Phi) is 6.29. The van der Waals surface area contributed by atoms with Crippen molar-refractivity contribution in [1.29, 1.82) is 0 Å². The van der Waals surface area contributed by atoms with Crippen molar-refractivity contribution in [1.82, 2.24) is 4.90 Å². The molecule has 0 aliphatic rings. The molecule has 4 heteroatoms. The number of aliphatic hydroxyl groups is 1. The van der Waals surface area contributed by atoms with Gasteiger partial charge in [0.2, 0.25) is 0 Å². The summed E-state index contributed by atoms with van der Waals surface area (Å²) in [6.07, 6.45) is 0.897. The number of benzene rings is 1. The number of rotatable bonds is 6. The van der Waals surface area contributed by atoms with Crippen LogP contribution in [0.25, 0.3) is 0 Å². The first-order valence-electron chi connectivity index (χ1n) is 6.35. The molecule has 1 aromatic rings. The number of aliphatic hydroxyl groups excluding tert-OH is 1. The van der Waals surface area contributed by atoms with Crippen molar-refractivity contribution in [3.63, 3.8) is 0 Å². The lowest BCUT2D eigenvalue weighted by molar-refractivity contribution is 0.105. The SMILES string of the molecule is CCC(N)C(c1ccccc1Br)N(C)C(C)CO. The minimum atomic E-state index is 0.0442. The molecule has 0 saturated heterocycles. The summed E-state index contributed by atoms with van der Waals surface area (Å²) in [6.45, 7) is 4.23. The second-order valence-corrected chi connectivity index (χ2v) is 5.59. The molecule has 1 rings (SSSR count). The normalized spacial score (nSPS) is 16.6. The average Bonchev–Trinajstić information content (AvgIpc) is 2.39. The van der Waals surface area contributed by atoms with Crippen molar-refractivity contribution < 1.29 is 5.11 Å². The summed E-state index contributed by atoms with van der Waals surface area (Å²) in [4.78, 5) is 2.15. The topological polar surface area (TPSA) is 49.5 Å². The van der Waals surface area contributed by atoms with E-state index in [1.54, 1.807) is 0 Å². The Morgan fingerprint density at radius 1 is 1.39 bits per heavy atom. The van der Waals surface area contributed by atoms with Crippen LogP contribution in [-0.4, -0.2) is 35.7 Å². The van der Waals surface area contributed by atoms with Crippen molar-refractivity contribution in [2.24, 2.45) is 5.73 Å². The molecule has 18 heavy (non-hydrogen) atoms. The zero-order valence-corrected chi connectivity index (χ0v) is 12.9. The van der Waals surface area contributed by atoms with Gasteiger partial charge in [0.1, 0.15) is 0 Å². The monoisotopic (exact) mass is 314 g/mol. The first-order valence-corrected chi connectivity index (χ1v) is 7.15. The van der Waals surface area contributed by atoms with Gasteiger partial charge in [0.25, 0.3) is 0 Å².